The number of aliphatic hydroxyl groups excluding tert-OH is 1. The quantitative estimate of drug-likeness (QED) is 0.709. The van der Waals surface area contributed by atoms with Crippen LogP contribution in [-0.4, -0.2) is 37.4 Å². The first-order valence-corrected chi connectivity index (χ1v) is 6.58. The number of aliphatic hydroxyl groups is 1. The third-order valence-corrected chi connectivity index (χ3v) is 3.48. The highest BCUT2D eigenvalue weighted by molar-refractivity contribution is 5.78. The monoisotopic (exact) mass is 243 g/mol. The molecule has 1 aliphatic carbocycles. The number of carbonyl (C=O) groups is 1. The largest absolute Gasteiger partial charge is 0.389 e. The summed E-state index contributed by atoms with van der Waals surface area (Å²) in [5.41, 5.74) is 0. The first kappa shape index (κ1) is 14.5. The van der Waals surface area contributed by atoms with E-state index in [-0.39, 0.29) is 25.0 Å². The molecule has 0 spiro atoms. The van der Waals surface area contributed by atoms with Gasteiger partial charge in [-0.1, -0.05) is 32.6 Å². The lowest BCUT2D eigenvalue weighted by Crippen LogP contribution is -2.37. The van der Waals surface area contributed by atoms with Gasteiger partial charge in [-0.25, -0.2) is 0 Å². The van der Waals surface area contributed by atoms with Crippen molar-refractivity contribution in [3.63, 3.8) is 0 Å². The van der Waals surface area contributed by atoms with Crippen LogP contribution in [0.4, 0.5) is 0 Å². The number of hydrogen-bond donors (Lipinski definition) is 2. The maximum absolute atomic E-state index is 11.8. The Morgan fingerprint density at radius 1 is 1.47 bits per heavy atom. The molecule has 0 bridgehead atoms. The van der Waals surface area contributed by atoms with Crippen molar-refractivity contribution in [1.29, 1.82) is 0 Å². The van der Waals surface area contributed by atoms with Crippen LogP contribution < -0.4 is 5.32 Å². The van der Waals surface area contributed by atoms with Gasteiger partial charge < -0.3 is 15.2 Å². The summed E-state index contributed by atoms with van der Waals surface area (Å²) in [5, 5.41) is 12.2. The third-order valence-electron chi connectivity index (χ3n) is 3.48. The highest BCUT2D eigenvalue weighted by Gasteiger charge is 2.21. The molecular weight excluding hydrogens is 218 g/mol. The molecular formula is C13H25NO3. The molecule has 17 heavy (non-hydrogen) atoms. The maximum atomic E-state index is 11.8. The van der Waals surface area contributed by atoms with E-state index in [0.29, 0.717) is 0 Å². The molecule has 0 aliphatic heterocycles. The van der Waals surface area contributed by atoms with Crippen LogP contribution in [-0.2, 0) is 9.53 Å². The molecule has 100 valence electrons. The van der Waals surface area contributed by atoms with Crippen molar-refractivity contribution in [3.05, 3.63) is 0 Å². The van der Waals surface area contributed by atoms with Gasteiger partial charge in [-0.05, 0) is 12.3 Å². The molecule has 1 amide bonds. The van der Waals surface area contributed by atoms with Crippen LogP contribution in [0.5, 0.6) is 0 Å². The second kappa shape index (κ2) is 7.67. The predicted molar refractivity (Wildman–Crippen MR) is 66.6 cm³/mol. The lowest BCUT2D eigenvalue weighted by molar-refractivity contribution is -0.125. The zero-order valence-electron chi connectivity index (χ0n) is 10.9. The van der Waals surface area contributed by atoms with E-state index in [1.54, 1.807) is 0 Å². The first-order valence-electron chi connectivity index (χ1n) is 6.58. The lowest BCUT2D eigenvalue weighted by atomic mass is 9.94. The van der Waals surface area contributed by atoms with E-state index in [0.717, 1.165) is 12.3 Å². The Morgan fingerprint density at radius 2 is 2.12 bits per heavy atom. The van der Waals surface area contributed by atoms with Gasteiger partial charge in [0.2, 0.25) is 5.91 Å². The van der Waals surface area contributed by atoms with E-state index in [9.17, 15) is 9.90 Å². The van der Waals surface area contributed by atoms with Crippen LogP contribution in [0.2, 0.25) is 0 Å². The lowest BCUT2D eigenvalue weighted by Gasteiger charge is -2.17. The van der Waals surface area contributed by atoms with Crippen molar-refractivity contribution in [3.8, 4) is 0 Å². The van der Waals surface area contributed by atoms with Gasteiger partial charge >= 0.3 is 0 Å². The molecule has 0 saturated heterocycles. The molecule has 4 nitrogen and oxygen atoms in total. The van der Waals surface area contributed by atoms with Crippen molar-refractivity contribution in [2.45, 2.75) is 45.1 Å². The third kappa shape index (κ3) is 5.50. The van der Waals surface area contributed by atoms with E-state index >= 15 is 0 Å². The minimum atomic E-state index is -0.609. The Balaban J connectivity index is 2.17. The molecule has 0 heterocycles. The van der Waals surface area contributed by atoms with E-state index in [2.05, 4.69) is 5.32 Å². The zero-order chi connectivity index (χ0) is 12.7. The van der Waals surface area contributed by atoms with Crippen molar-refractivity contribution in [1.82, 2.24) is 5.32 Å². The van der Waals surface area contributed by atoms with Gasteiger partial charge in [-0.3, -0.25) is 4.79 Å². The van der Waals surface area contributed by atoms with E-state index in [1.165, 1.54) is 32.8 Å². The van der Waals surface area contributed by atoms with Gasteiger partial charge in [-0.2, -0.15) is 0 Å². The van der Waals surface area contributed by atoms with Crippen molar-refractivity contribution >= 4 is 5.91 Å². The smallest absolute Gasteiger partial charge is 0.222 e. The molecule has 0 aromatic heterocycles. The second-order valence-corrected chi connectivity index (χ2v) is 5.14. The predicted octanol–water partition coefficient (Wildman–Crippen LogP) is 1.33. The standard InChI is InChI=1S/C13H25NO3/c1-10(7-11-5-3-4-6-11)13(16)14-8-12(15)9-17-2/h10-12,15H,3-9H2,1-2H3,(H,14,16). The van der Waals surface area contributed by atoms with Crippen molar-refractivity contribution in [2.24, 2.45) is 11.8 Å². The Morgan fingerprint density at radius 3 is 2.71 bits per heavy atom. The summed E-state index contributed by atoms with van der Waals surface area (Å²) in [4.78, 5) is 11.8. The summed E-state index contributed by atoms with van der Waals surface area (Å²) in [6.07, 6.45) is 5.53. The van der Waals surface area contributed by atoms with Gasteiger partial charge in [-0.15, -0.1) is 0 Å². The summed E-state index contributed by atoms with van der Waals surface area (Å²) in [7, 11) is 1.54. The van der Waals surface area contributed by atoms with Gasteiger partial charge in [0, 0.05) is 19.6 Å². The summed E-state index contributed by atoms with van der Waals surface area (Å²) in [6, 6.07) is 0. The number of amides is 1. The average molecular weight is 243 g/mol. The molecule has 4 heteroatoms. The average Bonchev–Trinajstić information content (AvgIpc) is 2.79. The van der Waals surface area contributed by atoms with Crippen LogP contribution in [0.1, 0.15) is 39.0 Å². The van der Waals surface area contributed by atoms with Crippen LogP contribution in [0.15, 0.2) is 0 Å². The minimum Gasteiger partial charge on any atom is -0.389 e. The van der Waals surface area contributed by atoms with Crippen LogP contribution in [0, 0.1) is 11.8 Å². The molecule has 0 radical (unpaired) electrons. The summed E-state index contributed by atoms with van der Waals surface area (Å²) < 4.78 is 4.80. The Labute approximate surface area is 104 Å². The van der Waals surface area contributed by atoms with Crippen molar-refractivity contribution < 1.29 is 14.6 Å². The zero-order valence-corrected chi connectivity index (χ0v) is 10.9. The van der Waals surface area contributed by atoms with Crippen LogP contribution in [0.25, 0.3) is 0 Å². The fraction of sp³-hybridized carbons (Fsp3) is 0.923. The van der Waals surface area contributed by atoms with Crippen LogP contribution in [0.3, 0.4) is 0 Å². The van der Waals surface area contributed by atoms with E-state index in [1.807, 2.05) is 6.92 Å². The Kier molecular flexibility index (Phi) is 6.52. The van der Waals surface area contributed by atoms with Crippen molar-refractivity contribution in [2.75, 3.05) is 20.3 Å². The van der Waals surface area contributed by atoms with E-state index in [4.69, 9.17) is 4.74 Å². The number of methoxy groups -OCH3 is 1. The normalized spacial score (nSPS) is 20.2. The molecule has 1 aliphatic rings. The molecule has 1 rings (SSSR count). The highest BCUT2D eigenvalue weighted by atomic mass is 16.5. The summed E-state index contributed by atoms with van der Waals surface area (Å²) >= 11 is 0. The molecule has 0 aromatic carbocycles. The highest BCUT2D eigenvalue weighted by Crippen LogP contribution is 2.30. The number of carbonyl (C=O) groups excluding carboxylic acids is 1. The second-order valence-electron chi connectivity index (χ2n) is 5.14. The number of rotatable bonds is 7. The topological polar surface area (TPSA) is 58.6 Å². The number of hydrogen-bond acceptors (Lipinski definition) is 3. The summed E-state index contributed by atoms with van der Waals surface area (Å²) in [6.45, 7) is 2.51. The van der Waals surface area contributed by atoms with E-state index < -0.39 is 6.10 Å². The molecule has 2 unspecified atom stereocenters. The van der Waals surface area contributed by atoms with Gasteiger partial charge in [0.05, 0.1) is 12.7 Å². The molecule has 2 N–H and O–H groups in total. The molecule has 2 atom stereocenters. The minimum absolute atomic E-state index is 0.0482. The molecule has 1 saturated carbocycles. The fourth-order valence-corrected chi connectivity index (χ4v) is 2.50. The number of ether oxygens (including phenoxy) is 1. The maximum Gasteiger partial charge on any atom is 0.222 e. The first-order chi connectivity index (χ1) is 8.13. The van der Waals surface area contributed by atoms with Gasteiger partial charge in [0.1, 0.15) is 0 Å². The Hall–Kier alpha value is -0.610. The Bertz CT molecular complexity index is 227. The fourth-order valence-electron chi connectivity index (χ4n) is 2.50. The van der Waals surface area contributed by atoms with Gasteiger partial charge in [0.15, 0.2) is 0 Å². The molecule has 0 aromatic rings. The van der Waals surface area contributed by atoms with Crippen LogP contribution >= 0.6 is 0 Å². The number of nitrogens with one attached hydrogen (secondary N) is 1. The molecule has 1 fully saturated rings. The SMILES string of the molecule is COCC(O)CNC(=O)C(C)CC1CCCC1. The summed E-state index contributed by atoms with van der Waals surface area (Å²) in [5.74, 6) is 0.819. The van der Waals surface area contributed by atoms with Gasteiger partial charge in [0.25, 0.3) is 0 Å².